The van der Waals surface area contributed by atoms with Crippen LogP contribution in [0.15, 0.2) is 43.0 Å². The number of Topliss-reactive ketones (excluding diaryl/α,β-unsaturated/α-hetero) is 1. The van der Waals surface area contributed by atoms with Gasteiger partial charge in [0.05, 0.1) is 26.9 Å². The van der Waals surface area contributed by atoms with Crippen molar-refractivity contribution in [2.24, 2.45) is 0 Å². The number of methoxy groups -OCH3 is 1. The highest BCUT2D eigenvalue weighted by Gasteiger charge is 2.24. The number of ketones is 1. The number of esters is 1. The number of benzene rings is 2. The summed E-state index contributed by atoms with van der Waals surface area (Å²) in [4.78, 5) is 61.3. The Morgan fingerprint density at radius 3 is 2.14 bits per heavy atom. The lowest BCUT2D eigenvalue weighted by Gasteiger charge is -2.23. The van der Waals surface area contributed by atoms with E-state index in [9.17, 15) is 24.0 Å². The Morgan fingerprint density at radius 1 is 0.842 bits per heavy atom. The molecule has 2 aromatic carbocycles. The summed E-state index contributed by atoms with van der Waals surface area (Å²) < 4.78 is 28.6. The standard InChI is InChI=1S/C44H63N3O10/c1-7-16-33-31-17-13-19-36(48)32(31)23-25-39(33)55-29-12-8-11-28-54-37-20-14-21-38(34(37)24-26-41(50)53-6)56-30-15-22-40(49)46-27-10-9-18-35(42(51)45-5)47-43(52)57-44(2,3)4/h7,14,20-21,23,25,35H,1,8-13,15-19,22,24,26-30H2,2-6H3,(H,45,51)(H,46,49)(H,47,52). The van der Waals surface area contributed by atoms with Gasteiger partial charge in [0.2, 0.25) is 11.8 Å². The largest absolute Gasteiger partial charge is 0.493 e. The smallest absolute Gasteiger partial charge is 0.408 e. The highest BCUT2D eigenvalue weighted by Crippen LogP contribution is 2.33. The zero-order valence-corrected chi connectivity index (χ0v) is 34.6. The molecule has 0 radical (unpaired) electrons. The van der Waals surface area contributed by atoms with E-state index in [1.54, 1.807) is 20.8 Å². The fourth-order valence-electron chi connectivity index (χ4n) is 6.52. The average Bonchev–Trinajstić information content (AvgIpc) is 3.17. The molecule has 0 heterocycles. The molecule has 1 aliphatic carbocycles. The van der Waals surface area contributed by atoms with Crippen molar-refractivity contribution in [2.45, 2.75) is 122 Å². The van der Waals surface area contributed by atoms with E-state index in [-0.39, 0.29) is 36.4 Å². The van der Waals surface area contributed by atoms with Crippen molar-refractivity contribution >= 4 is 29.7 Å². The number of ether oxygens (including phenoxy) is 5. The summed E-state index contributed by atoms with van der Waals surface area (Å²) in [5.74, 6) is 1.50. The number of nitrogens with one attached hydrogen (secondary N) is 3. The molecule has 1 unspecified atom stereocenters. The van der Waals surface area contributed by atoms with E-state index in [2.05, 4.69) is 22.5 Å². The third-order valence-corrected chi connectivity index (χ3v) is 9.37. The number of fused-ring (bicyclic) bond motifs is 1. The minimum Gasteiger partial charge on any atom is -0.493 e. The number of rotatable bonds is 25. The van der Waals surface area contributed by atoms with Gasteiger partial charge in [-0.25, -0.2) is 4.79 Å². The molecule has 13 nitrogen and oxygen atoms in total. The van der Waals surface area contributed by atoms with E-state index in [4.69, 9.17) is 23.7 Å². The van der Waals surface area contributed by atoms with Gasteiger partial charge in [-0.2, -0.15) is 0 Å². The normalized spacial score (nSPS) is 12.8. The minimum absolute atomic E-state index is 0.113. The molecule has 2 aromatic rings. The van der Waals surface area contributed by atoms with Crippen LogP contribution in [0.4, 0.5) is 4.79 Å². The summed E-state index contributed by atoms with van der Waals surface area (Å²) in [7, 11) is 2.87. The Kier molecular flexibility index (Phi) is 19.9. The number of carbonyl (C=O) groups excluding carboxylic acids is 5. The first-order valence-corrected chi connectivity index (χ1v) is 20.2. The zero-order valence-electron chi connectivity index (χ0n) is 34.6. The molecule has 314 valence electrons. The van der Waals surface area contributed by atoms with Crippen LogP contribution in [0.5, 0.6) is 17.2 Å². The van der Waals surface area contributed by atoms with Crippen molar-refractivity contribution in [1.82, 2.24) is 16.0 Å². The van der Waals surface area contributed by atoms with E-state index in [0.29, 0.717) is 82.8 Å². The molecule has 0 bridgehead atoms. The fraction of sp³-hybridized carbons (Fsp3) is 0.568. The fourth-order valence-corrected chi connectivity index (χ4v) is 6.52. The van der Waals surface area contributed by atoms with Gasteiger partial charge in [0.1, 0.15) is 28.9 Å². The van der Waals surface area contributed by atoms with Gasteiger partial charge < -0.3 is 39.6 Å². The Labute approximate surface area is 337 Å². The predicted octanol–water partition coefficient (Wildman–Crippen LogP) is 6.75. The zero-order chi connectivity index (χ0) is 41.6. The number of unbranched alkanes of at least 4 members (excludes halogenated alkanes) is 3. The van der Waals surface area contributed by atoms with E-state index in [1.165, 1.54) is 14.2 Å². The van der Waals surface area contributed by atoms with Crippen LogP contribution in [0.25, 0.3) is 0 Å². The second-order valence-corrected chi connectivity index (χ2v) is 15.0. The highest BCUT2D eigenvalue weighted by molar-refractivity contribution is 5.99. The van der Waals surface area contributed by atoms with Crippen LogP contribution in [0.3, 0.4) is 0 Å². The van der Waals surface area contributed by atoms with Crippen LogP contribution >= 0.6 is 0 Å². The number of likely N-dealkylation sites (N-methyl/N-ethyl adjacent to an activating group) is 1. The number of carbonyl (C=O) groups is 5. The summed E-state index contributed by atoms with van der Waals surface area (Å²) >= 11 is 0. The topological polar surface area (TPSA) is 168 Å². The molecular formula is C44H63N3O10. The van der Waals surface area contributed by atoms with Gasteiger partial charge in [-0.1, -0.05) is 12.1 Å². The van der Waals surface area contributed by atoms with Gasteiger partial charge in [-0.3, -0.25) is 19.2 Å². The van der Waals surface area contributed by atoms with Crippen LogP contribution in [0.2, 0.25) is 0 Å². The van der Waals surface area contributed by atoms with Crippen molar-refractivity contribution in [3.63, 3.8) is 0 Å². The second-order valence-electron chi connectivity index (χ2n) is 15.0. The summed E-state index contributed by atoms with van der Waals surface area (Å²) in [6.45, 7) is 10.9. The molecule has 3 rings (SSSR count). The number of hydrogen-bond donors (Lipinski definition) is 3. The molecule has 0 spiro atoms. The van der Waals surface area contributed by atoms with Crippen LogP contribution in [-0.2, 0) is 43.1 Å². The summed E-state index contributed by atoms with van der Waals surface area (Å²) in [5, 5.41) is 8.07. The molecule has 0 saturated carbocycles. The van der Waals surface area contributed by atoms with Crippen LogP contribution < -0.4 is 30.2 Å². The molecule has 0 aromatic heterocycles. The monoisotopic (exact) mass is 793 g/mol. The molecule has 0 aliphatic heterocycles. The van der Waals surface area contributed by atoms with E-state index in [1.807, 2.05) is 36.4 Å². The summed E-state index contributed by atoms with van der Waals surface area (Å²) in [6.07, 6.45) is 9.66. The highest BCUT2D eigenvalue weighted by atomic mass is 16.6. The SMILES string of the molecule is C=CCc1c(OCCCCCOc2cccc(OCCCC(=O)NCCCCC(NC(=O)OC(C)(C)C)C(=O)NC)c2CCC(=O)OC)ccc2c1CCCC2=O. The number of amides is 3. The summed E-state index contributed by atoms with van der Waals surface area (Å²) in [5.41, 5.74) is 3.08. The number of alkyl carbamates (subject to hydrolysis) is 1. The van der Waals surface area contributed by atoms with Crippen LogP contribution in [-0.4, -0.2) is 81.8 Å². The molecular weight excluding hydrogens is 730 g/mol. The third kappa shape index (κ3) is 16.5. The van der Waals surface area contributed by atoms with Crippen LogP contribution in [0, 0.1) is 0 Å². The molecule has 0 fully saturated rings. The van der Waals surface area contributed by atoms with Crippen molar-refractivity contribution in [3.05, 3.63) is 65.2 Å². The lowest BCUT2D eigenvalue weighted by atomic mass is 9.86. The molecule has 0 saturated heterocycles. The maximum atomic E-state index is 12.5. The maximum Gasteiger partial charge on any atom is 0.408 e. The quantitative estimate of drug-likeness (QED) is 0.0556. The summed E-state index contributed by atoms with van der Waals surface area (Å²) in [6, 6.07) is 8.62. The van der Waals surface area contributed by atoms with E-state index >= 15 is 0 Å². The van der Waals surface area contributed by atoms with Gasteiger partial charge in [0.15, 0.2) is 5.78 Å². The van der Waals surface area contributed by atoms with Gasteiger partial charge in [-0.15, -0.1) is 6.58 Å². The van der Waals surface area contributed by atoms with Gasteiger partial charge >= 0.3 is 12.1 Å². The second kappa shape index (κ2) is 24.5. The van der Waals surface area contributed by atoms with Crippen molar-refractivity contribution in [2.75, 3.05) is 40.5 Å². The first kappa shape index (κ1) is 46.3. The predicted molar refractivity (Wildman–Crippen MR) is 218 cm³/mol. The van der Waals surface area contributed by atoms with Crippen LogP contribution in [0.1, 0.15) is 118 Å². The third-order valence-electron chi connectivity index (χ3n) is 9.37. The molecule has 1 atom stereocenters. The first-order valence-electron chi connectivity index (χ1n) is 20.2. The first-order chi connectivity index (χ1) is 27.4. The Balaban J connectivity index is 1.41. The lowest BCUT2D eigenvalue weighted by molar-refractivity contribution is -0.140. The minimum atomic E-state index is -0.734. The van der Waals surface area contributed by atoms with Crippen molar-refractivity contribution in [1.29, 1.82) is 0 Å². The van der Waals surface area contributed by atoms with Gasteiger partial charge in [0.25, 0.3) is 0 Å². The van der Waals surface area contributed by atoms with Gasteiger partial charge in [-0.05, 0) is 121 Å². The number of allylic oxidation sites excluding steroid dienone is 1. The molecule has 57 heavy (non-hydrogen) atoms. The molecule has 3 amide bonds. The van der Waals surface area contributed by atoms with Crippen molar-refractivity contribution in [3.8, 4) is 17.2 Å². The molecule has 13 heteroatoms. The maximum absolute atomic E-state index is 12.5. The van der Waals surface area contributed by atoms with E-state index < -0.39 is 17.7 Å². The van der Waals surface area contributed by atoms with Gasteiger partial charge in [0, 0.05) is 49.5 Å². The Hall–Kier alpha value is -5.07. The van der Waals surface area contributed by atoms with Crippen molar-refractivity contribution < 1.29 is 47.7 Å². The molecule has 1 aliphatic rings. The van der Waals surface area contributed by atoms with E-state index in [0.717, 1.165) is 60.1 Å². The average molecular weight is 794 g/mol. The Bertz CT molecular complexity index is 1650. The lowest BCUT2D eigenvalue weighted by Crippen LogP contribution is -2.47. The Morgan fingerprint density at radius 2 is 1.51 bits per heavy atom. The number of hydrogen-bond acceptors (Lipinski definition) is 10. The molecule has 3 N–H and O–H groups in total.